The highest BCUT2D eigenvalue weighted by molar-refractivity contribution is 6.32. The van der Waals surface area contributed by atoms with Crippen molar-refractivity contribution in [3.63, 3.8) is 0 Å². The van der Waals surface area contributed by atoms with Gasteiger partial charge in [-0.2, -0.15) is 0 Å². The van der Waals surface area contributed by atoms with Crippen molar-refractivity contribution in [1.82, 2.24) is 0 Å². The van der Waals surface area contributed by atoms with Crippen LogP contribution in [0.4, 0.5) is 11.4 Å². The second-order valence-corrected chi connectivity index (χ2v) is 5.45. The molecule has 1 aromatic heterocycles. The molecule has 0 radical (unpaired) electrons. The molecule has 126 valence electrons. The van der Waals surface area contributed by atoms with Crippen LogP contribution in [-0.4, -0.2) is 16.7 Å². The molecule has 2 amide bonds. The Balaban J connectivity index is 2.03. The van der Waals surface area contributed by atoms with Crippen LogP contribution >= 0.6 is 11.6 Å². The van der Waals surface area contributed by atoms with Gasteiger partial charge in [0, 0.05) is 17.0 Å². The summed E-state index contributed by atoms with van der Waals surface area (Å²) in [5, 5.41) is 13.9. The van der Waals surface area contributed by atoms with Crippen molar-refractivity contribution in [2.75, 3.05) is 5.32 Å². The fourth-order valence-corrected chi connectivity index (χ4v) is 2.51. The fraction of sp³-hybridized carbons (Fsp3) is 0. The molecule has 0 aliphatic heterocycles. The van der Waals surface area contributed by atoms with Gasteiger partial charge in [-0.05, 0) is 24.3 Å². The second kappa shape index (κ2) is 6.25. The van der Waals surface area contributed by atoms with Gasteiger partial charge < -0.3 is 15.5 Å². The first-order chi connectivity index (χ1) is 11.9. The molecule has 0 saturated carbocycles. The molecule has 0 unspecified atom stereocenters. The topological polar surface area (TPSA) is 128 Å². The van der Waals surface area contributed by atoms with E-state index in [0.717, 1.165) is 6.07 Å². The molecule has 0 fully saturated rings. The zero-order valence-corrected chi connectivity index (χ0v) is 13.2. The van der Waals surface area contributed by atoms with Gasteiger partial charge >= 0.3 is 0 Å². The number of rotatable bonds is 4. The van der Waals surface area contributed by atoms with E-state index in [1.807, 2.05) is 0 Å². The van der Waals surface area contributed by atoms with Gasteiger partial charge in [-0.15, -0.1) is 0 Å². The summed E-state index contributed by atoms with van der Waals surface area (Å²) in [5.41, 5.74) is 5.35. The maximum absolute atomic E-state index is 12.4. The highest BCUT2D eigenvalue weighted by Crippen LogP contribution is 2.31. The van der Waals surface area contributed by atoms with Crippen molar-refractivity contribution in [3.8, 4) is 0 Å². The van der Waals surface area contributed by atoms with Gasteiger partial charge in [0.15, 0.2) is 0 Å². The fourth-order valence-electron chi connectivity index (χ4n) is 2.32. The van der Waals surface area contributed by atoms with Crippen LogP contribution in [0.5, 0.6) is 0 Å². The van der Waals surface area contributed by atoms with E-state index < -0.39 is 22.4 Å². The smallest absolute Gasteiger partial charge is 0.288 e. The Morgan fingerprint density at radius 3 is 2.60 bits per heavy atom. The summed E-state index contributed by atoms with van der Waals surface area (Å²) in [6.45, 7) is 0. The number of primary amides is 1. The lowest BCUT2D eigenvalue weighted by molar-refractivity contribution is -0.384. The molecule has 2 aromatic carbocycles. The maximum Gasteiger partial charge on any atom is 0.288 e. The number of nitro benzene ring substituents is 1. The minimum absolute atomic E-state index is 0.00296. The average Bonchev–Trinajstić information content (AvgIpc) is 2.94. The molecule has 3 N–H and O–H groups in total. The minimum Gasteiger partial charge on any atom is -0.449 e. The van der Waals surface area contributed by atoms with Crippen LogP contribution < -0.4 is 11.1 Å². The van der Waals surface area contributed by atoms with Gasteiger partial charge in [-0.25, -0.2) is 0 Å². The predicted octanol–water partition coefficient (Wildman–Crippen LogP) is 3.35. The molecular weight excluding hydrogens is 350 g/mol. The number of nitro groups is 1. The number of halogens is 1. The van der Waals surface area contributed by atoms with E-state index in [-0.39, 0.29) is 22.0 Å². The SMILES string of the molecule is NC(=O)c1oc2ccccc2c1NC(=O)c1ccc(Cl)c([N+](=O)[O-])c1. The number of hydrogen-bond acceptors (Lipinski definition) is 5. The number of nitrogens with one attached hydrogen (secondary N) is 1. The van der Waals surface area contributed by atoms with Crippen LogP contribution in [0.3, 0.4) is 0 Å². The molecule has 0 aliphatic carbocycles. The number of hydrogen-bond donors (Lipinski definition) is 2. The van der Waals surface area contributed by atoms with Crippen molar-refractivity contribution in [3.05, 3.63) is 68.9 Å². The first kappa shape index (κ1) is 16.5. The predicted molar refractivity (Wildman–Crippen MR) is 90.8 cm³/mol. The van der Waals surface area contributed by atoms with Gasteiger partial charge in [-0.3, -0.25) is 19.7 Å². The first-order valence-corrected chi connectivity index (χ1v) is 7.33. The summed E-state index contributed by atoms with van der Waals surface area (Å²) in [6, 6.07) is 10.3. The highest BCUT2D eigenvalue weighted by atomic mass is 35.5. The van der Waals surface area contributed by atoms with E-state index in [4.69, 9.17) is 21.8 Å². The highest BCUT2D eigenvalue weighted by Gasteiger charge is 2.22. The summed E-state index contributed by atoms with van der Waals surface area (Å²) in [6.07, 6.45) is 0. The number of nitrogens with zero attached hydrogens (tertiary/aromatic N) is 1. The van der Waals surface area contributed by atoms with Crippen molar-refractivity contribution in [1.29, 1.82) is 0 Å². The number of amides is 2. The van der Waals surface area contributed by atoms with E-state index >= 15 is 0 Å². The Hall–Kier alpha value is -3.39. The maximum atomic E-state index is 12.4. The van der Waals surface area contributed by atoms with Crippen LogP contribution in [0.15, 0.2) is 46.9 Å². The average molecular weight is 360 g/mol. The Morgan fingerprint density at radius 2 is 1.92 bits per heavy atom. The van der Waals surface area contributed by atoms with Gasteiger partial charge in [-0.1, -0.05) is 23.7 Å². The van der Waals surface area contributed by atoms with Crippen molar-refractivity contribution in [2.24, 2.45) is 5.73 Å². The quantitative estimate of drug-likeness (QED) is 0.545. The third kappa shape index (κ3) is 3.02. The second-order valence-electron chi connectivity index (χ2n) is 5.04. The van der Waals surface area contributed by atoms with Crippen molar-refractivity contribution in [2.45, 2.75) is 0 Å². The number of anilines is 1. The Morgan fingerprint density at radius 1 is 1.20 bits per heavy atom. The lowest BCUT2D eigenvalue weighted by Gasteiger charge is -2.05. The lowest BCUT2D eigenvalue weighted by Crippen LogP contribution is -2.17. The summed E-state index contributed by atoms with van der Waals surface area (Å²) >= 11 is 5.73. The van der Waals surface area contributed by atoms with Gasteiger partial charge in [0.25, 0.3) is 17.5 Å². The normalized spacial score (nSPS) is 10.6. The number of benzene rings is 2. The third-order valence-corrected chi connectivity index (χ3v) is 3.78. The van der Waals surface area contributed by atoms with Crippen LogP contribution in [-0.2, 0) is 0 Å². The largest absolute Gasteiger partial charge is 0.449 e. The van der Waals surface area contributed by atoms with Crippen molar-refractivity contribution >= 4 is 45.8 Å². The van der Waals surface area contributed by atoms with Crippen LogP contribution in [0, 0.1) is 10.1 Å². The molecule has 3 rings (SSSR count). The van der Waals surface area contributed by atoms with E-state index in [2.05, 4.69) is 5.32 Å². The molecule has 0 spiro atoms. The van der Waals surface area contributed by atoms with Gasteiger partial charge in [0.1, 0.15) is 16.3 Å². The summed E-state index contributed by atoms with van der Waals surface area (Å²) in [4.78, 5) is 34.3. The van der Waals surface area contributed by atoms with E-state index in [1.54, 1.807) is 24.3 Å². The monoisotopic (exact) mass is 359 g/mol. The molecule has 3 aromatic rings. The zero-order chi connectivity index (χ0) is 18.1. The van der Waals surface area contributed by atoms with Crippen LogP contribution in [0.2, 0.25) is 5.02 Å². The van der Waals surface area contributed by atoms with E-state index in [0.29, 0.717) is 11.0 Å². The molecule has 0 bridgehead atoms. The Kier molecular flexibility index (Phi) is 4.12. The standard InChI is InChI=1S/C16H10ClN3O5/c17-10-6-5-8(7-11(10)20(23)24)16(22)19-13-9-3-1-2-4-12(9)25-14(13)15(18)21/h1-7H,(H2,18,21)(H,19,22). The lowest BCUT2D eigenvalue weighted by atomic mass is 10.1. The zero-order valence-electron chi connectivity index (χ0n) is 12.5. The first-order valence-electron chi connectivity index (χ1n) is 6.95. The number of para-hydroxylation sites is 1. The van der Waals surface area contributed by atoms with E-state index in [1.165, 1.54) is 12.1 Å². The number of nitrogens with two attached hydrogens (primary N) is 1. The van der Waals surface area contributed by atoms with Gasteiger partial charge in [0.05, 0.1) is 4.92 Å². The molecular formula is C16H10ClN3O5. The molecule has 0 aliphatic rings. The number of carbonyl (C=O) groups is 2. The third-order valence-electron chi connectivity index (χ3n) is 3.46. The van der Waals surface area contributed by atoms with E-state index in [9.17, 15) is 19.7 Å². The molecule has 0 atom stereocenters. The van der Waals surface area contributed by atoms with Gasteiger partial charge in [0.2, 0.25) is 5.76 Å². The Labute approximate surface area is 145 Å². The molecule has 9 heteroatoms. The summed E-state index contributed by atoms with van der Waals surface area (Å²) < 4.78 is 5.36. The number of furan rings is 1. The Bertz CT molecular complexity index is 1030. The number of fused-ring (bicyclic) bond motifs is 1. The van der Waals surface area contributed by atoms with Crippen LogP contribution in [0.1, 0.15) is 20.9 Å². The summed E-state index contributed by atoms with van der Waals surface area (Å²) in [5.74, 6) is -1.74. The molecule has 0 saturated heterocycles. The van der Waals surface area contributed by atoms with Crippen molar-refractivity contribution < 1.29 is 18.9 Å². The molecule has 1 heterocycles. The number of carbonyl (C=O) groups excluding carboxylic acids is 2. The summed E-state index contributed by atoms with van der Waals surface area (Å²) in [7, 11) is 0. The molecule has 25 heavy (non-hydrogen) atoms. The molecule has 8 nitrogen and oxygen atoms in total. The van der Waals surface area contributed by atoms with Crippen LogP contribution in [0.25, 0.3) is 11.0 Å². The minimum atomic E-state index is -0.853.